The lowest BCUT2D eigenvalue weighted by molar-refractivity contribution is 0.751. The summed E-state index contributed by atoms with van der Waals surface area (Å²) in [7, 11) is 0. The smallest absolute Gasteiger partial charge is 0.0641 e. The third-order valence-electron chi connectivity index (χ3n) is 1.49. The lowest BCUT2D eigenvalue weighted by Gasteiger charge is -2.01. The van der Waals surface area contributed by atoms with E-state index in [0.29, 0.717) is 6.42 Å². The molecule has 2 N–H and O–H groups in total. The summed E-state index contributed by atoms with van der Waals surface area (Å²) in [4.78, 5) is 1.24. The minimum atomic E-state index is -0.107. The molecule has 0 aromatic carbocycles. The van der Waals surface area contributed by atoms with Gasteiger partial charge in [0.2, 0.25) is 0 Å². The topological polar surface area (TPSA) is 49.8 Å². The standard InChI is InChI=1S/C8H10N2S/c1-6-4-7(5-11-6)8(10)2-3-9/h4-5,8H,2,10H2,1H3. The molecule has 11 heavy (non-hydrogen) atoms. The average molecular weight is 166 g/mol. The van der Waals surface area contributed by atoms with Crippen molar-refractivity contribution in [3.63, 3.8) is 0 Å². The van der Waals surface area contributed by atoms with Gasteiger partial charge < -0.3 is 5.73 Å². The molecule has 0 saturated carbocycles. The molecule has 58 valence electrons. The van der Waals surface area contributed by atoms with E-state index in [1.807, 2.05) is 18.4 Å². The SMILES string of the molecule is Cc1cc(C(N)CC#N)cs1. The summed E-state index contributed by atoms with van der Waals surface area (Å²) >= 11 is 1.67. The molecule has 0 bridgehead atoms. The quantitative estimate of drug-likeness (QED) is 0.730. The number of aryl methyl sites for hydroxylation is 1. The van der Waals surface area contributed by atoms with Gasteiger partial charge in [0.15, 0.2) is 0 Å². The van der Waals surface area contributed by atoms with Gasteiger partial charge in [-0.15, -0.1) is 11.3 Å². The van der Waals surface area contributed by atoms with Crippen LogP contribution in [0.25, 0.3) is 0 Å². The van der Waals surface area contributed by atoms with Crippen LogP contribution in [0.1, 0.15) is 22.9 Å². The van der Waals surface area contributed by atoms with Crippen LogP contribution >= 0.6 is 11.3 Å². The third kappa shape index (κ3) is 2.04. The molecule has 0 amide bonds. The molecule has 1 aromatic rings. The molecule has 0 aliphatic carbocycles. The lowest BCUT2D eigenvalue weighted by atomic mass is 10.1. The van der Waals surface area contributed by atoms with E-state index < -0.39 is 0 Å². The Balaban J connectivity index is 2.70. The molecule has 1 rings (SSSR count). The molecule has 1 heterocycles. The predicted molar refractivity (Wildman–Crippen MR) is 46.2 cm³/mol. The van der Waals surface area contributed by atoms with E-state index in [1.165, 1.54) is 4.88 Å². The molecule has 0 aliphatic rings. The normalized spacial score (nSPS) is 12.5. The number of hydrogen-bond donors (Lipinski definition) is 1. The van der Waals surface area contributed by atoms with Gasteiger partial charge in [-0.1, -0.05) is 0 Å². The fraction of sp³-hybridized carbons (Fsp3) is 0.375. The highest BCUT2D eigenvalue weighted by atomic mass is 32.1. The van der Waals surface area contributed by atoms with Gasteiger partial charge in [-0.05, 0) is 23.9 Å². The van der Waals surface area contributed by atoms with Crippen molar-refractivity contribution in [2.24, 2.45) is 5.73 Å². The van der Waals surface area contributed by atoms with Gasteiger partial charge in [-0.25, -0.2) is 0 Å². The summed E-state index contributed by atoms with van der Waals surface area (Å²) in [5.74, 6) is 0. The number of nitrogens with zero attached hydrogens (tertiary/aromatic N) is 1. The van der Waals surface area contributed by atoms with Crippen LogP contribution in [0.15, 0.2) is 11.4 Å². The van der Waals surface area contributed by atoms with Crippen molar-refractivity contribution in [3.8, 4) is 6.07 Å². The molecule has 3 heteroatoms. The number of rotatable bonds is 2. The van der Waals surface area contributed by atoms with Gasteiger partial charge in [-0.2, -0.15) is 5.26 Å². The fourth-order valence-electron chi connectivity index (χ4n) is 0.874. The van der Waals surface area contributed by atoms with E-state index in [9.17, 15) is 0 Å². The Hall–Kier alpha value is -0.850. The largest absolute Gasteiger partial charge is 0.323 e. The van der Waals surface area contributed by atoms with Crippen LogP contribution in [0, 0.1) is 18.3 Å². The van der Waals surface area contributed by atoms with E-state index in [4.69, 9.17) is 11.0 Å². The van der Waals surface area contributed by atoms with Crippen LogP contribution in [-0.2, 0) is 0 Å². The van der Waals surface area contributed by atoms with Crippen LogP contribution in [0.2, 0.25) is 0 Å². The van der Waals surface area contributed by atoms with Gasteiger partial charge in [0.1, 0.15) is 0 Å². The molecule has 0 saturated heterocycles. The number of nitriles is 1. The summed E-state index contributed by atoms with van der Waals surface area (Å²) in [6, 6.07) is 3.98. The highest BCUT2D eigenvalue weighted by Crippen LogP contribution is 2.20. The fourth-order valence-corrected chi connectivity index (χ4v) is 1.64. The second-order valence-corrected chi connectivity index (χ2v) is 3.57. The zero-order valence-corrected chi connectivity index (χ0v) is 7.19. The highest BCUT2D eigenvalue weighted by molar-refractivity contribution is 7.10. The van der Waals surface area contributed by atoms with Gasteiger partial charge in [0.05, 0.1) is 12.5 Å². The Kier molecular flexibility index (Phi) is 2.64. The zero-order valence-electron chi connectivity index (χ0n) is 6.37. The average Bonchev–Trinajstić information content (AvgIpc) is 2.36. The molecule has 0 spiro atoms. The van der Waals surface area contributed by atoms with Crippen molar-refractivity contribution in [3.05, 3.63) is 21.9 Å². The van der Waals surface area contributed by atoms with Crippen LogP contribution < -0.4 is 5.73 Å². The van der Waals surface area contributed by atoms with Crippen LogP contribution in [-0.4, -0.2) is 0 Å². The predicted octanol–water partition coefficient (Wildman–Crippen LogP) is 1.97. The Labute approximate surface area is 70.3 Å². The summed E-state index contributed by atoms with van der Waals surface area (Å²) < 4.78 is 0. The maximum absolute atomic E-state index is 8.38. The zero-order chi connectivity index (χ0) is 8.27. The van der Waals surface area contributed by atoms with Crippen molar-refractivity contribution in [2.75, 3.05) is 0 Å². The van der Waals surface area contributed by atoms with E-state index in [1.54, 1.807) is 11.3 Å². The van der Waals surface area contributed by atoms with Crippen LogP contribution in [0.4, 0.5) is 0 Å². The minimum Gasteiger partial charge on any atom is -0.323 e. The van der Waals surface area contributed by atoms with Gasteiger partial charge in [-0.3, -0.25) is 0 Å². The summed E-state index contributed by atoms with van der Waals surface area (Å²) in [6.45, 7) is 2.03. The van der Waals surface area contributed by atoms with E-state index >= 15 is 0 Å². The maximum atomic E-state index is 8.38. The highest BCUT2D eigenvalue weighted by Gasteiger charge is 2.05. The first-order valence-electron chi connectivity index (χ1n) is 3.41. The molecular weight excluding hydrogens is 156 g/mol. The minimum absolute atomic E-state index is 0.107. The van der Waals surface area contributed by atoms with Gasteiger partial charge in [0, 0.05) is 10.9 Å². The van der Waals surface area contributed by atoms with E-state index in [0.717, 1.165) is 5.56 Å². The second kappa shape index (κ2) is 3.51. The number of hydrogen-bond acceptors (Lipinski definition) is 3. The molecule has 1 unspecified atom stereocenters. The van der Waals surface area contributed by atoms with Crippen molar-refractivity contribution in [1.82, 2.24) is 0 Å². The number of nitrogens with two attached hydrogens (primary N) is 1. The van der Waals surface area contributed by atoms with Crippen LogP contribution in [0.5, 0.6) is 0 Å². The summed E-state index contributed by atoms with van der Waals surface area (Å²) in [5, 5.41) is 10.4. The molecule has 0 aliphatic heterocycles. The van der Waals surface area contributed by atoms with Crippen molar-refractivity contribution in [1.29, 1.82) is 5.26 Å². The van der Waals surface area contributed by atoms with Crippen molar-refractivity contribution >= 4 is 11.3 Å². The summed E-state index contributed by atoms with van der Waals surface area (Å²) in [5.41, 5.74) is 6.78. The second-order valence-electron chi connectivity index (χ2n) is 2.46. The van der Waals surface area contributed by atoms with E-state index in [-0.39, 0.29) is 6.04 Å². The monoisotopic (exact) mass is 166 g/mol. The number of thiophene rings is 1. The molecule has 1 aromatic heterocycles. The third-order valence-corrected chi connectivity index (χ3v) is 2.37. The molecule has 0 radical (unpaired) electrons. The molecule has 0 fully saturated rings. The van der Waals surface area contributed by atoms with Gasteiger partial charge in [0.25, 0.3) is 0 Å². The van der Waals surface area contributed by atoms with Crippen LogP contribution in [0.3, 0.4) is 0 Å². The van der Waals surface area contributed by atoms with Gasteiger partial charge >= 0.3 is 0 Å². The van der Waals surface area contributed by atoms with E-state index in [2.05, 4.69) is 6.07 Å². The Morgan fingerprint density at radius 2 is 2.55 bits per heavy atom. The first kappa shape index (κ1) is 8.25. The Morgan fingerprint density at radius 3 is 3.00 bits per heavy atom. The summed E-state index contributed by atoms with van der Waals surface area (Å²) in [6.07, 6.45) is 0.399. The maximum Gasteiger partial charge on any atom is 0.0641 e. The first-order valence-corrected chi connectivity index (χ1v) is 4.29. The first-order chi connectivity index (χ1) is 5.24. The molecule has 1 atom stereocenters. The van der Waals surface area contributed by atoms with Crippen molar-refractivity contribution in [2.45, 2.75) is 19.4 Å². The van der Waals surface area contributed by atoms with Crippen molar-refractivity contribution < 1.29 is 0 Å². The molecule has 2 nitrogen and oxygen atoms in total. The lowest BCUT2D eigenvalue weighted by Crippen LogP contribution is -2.07. The Bertz CT molecular complexity index is 272. The molecular formula is C8H10N2S. The Morgan fingerprint density at radius 1 is 1.82 bits per heavy atom.